The first-order valence-electron chi connectivity index (χ1n) is 8.66. The molecule has 154 valence electrons. The van der Waals surface area contributed by atoms with Crippen LogP contribution in [0.5, 0.6) is 0 Å². The van der Waals surface area contributed by atoms with Crippen LogP contribution in [0.15, 0.2) is 24.4 Å². The minimum atomic E-state index is -4.69. The van der Waals surface area contributed by atoms with Crippen molar-refractivity contribution in [1.29, 1.82) is 0 Å². The monoisotopic (exact) mass is 417 g/mol. The summed E-state index contributed by atoms with van der Waals surface area (Å²) in [6.07, 6.45) is -3.25. The van der Waals surface area contributed by atoms with Crippen molar-refractivity contribution in [3.05, 3.63) is 47.2 Å². The lowest BCUT2D eigenvalue weighted by atomic mass is 10.1. The van der Waals surface area contributed by atoms with Gasteiger partial charge in [-0.3, -0.25) is 20.2 Å². The number of rotatable bonds is 4. The van der Waals surface area contributed by atoms with E-state index in [0.717, 1.165) is 4.52 Å². The third-order valence-electron chi connectivity index (χ3n) is 4.28. The molecule has 1 amide bonds. The molecular formula is C17H14F3N9O. The number of hydrogen-bond donors (Lipinski definition) is 2. The Labute approximate surface area is 166 Å². The Balaban J connectivity index is 1.55. The number of anilines is 1. The zero-order valence-corrected chi connectivity index (χ0v) is 15.7. The molecule has 0 aliphatic heterocycles. The lowest BCUT2D eigenvalue weighted by Gasteiger charge is -2.09. The predicted octanol–water partition coefficient (Wildman–Crippen LogP) is 2.12. The minimum absolute atomic E-state index is 0.0464. The van der Waals surface area contributed by atoms with Crippen molar-refractivity contribution in [2.24, 2.45) is 0 Å². The first kappa shape index (κ1) is 19.4. The van der Waals surface area contributed by atoms with Crippen LogP contribution in [0.3, 0.4) is 0 Å². The van der Waals surface area contributed by atoms with Crippen molar-refractivity contribution in [3.8, 4) is 11.5 Å². The maximum atomic E-state index is 12.9. The molecule has 0 aromatic carbocycles. The fourth-order valence-electron chi connectivity index (χ4n) is 2.85. The summed E-state index contributed by atoms with van der Waals surface area (Å²) < 4.78 is 39.6. The second kappa shape index (κ2) is 7.17. The van der Waals surface area contributed by atoms with E-state index in [-0.39, 0.29) is 18.1 Å². The van der Waals surface area contributed by atoms with Crippen LogP contribution >= 0.6 is 0 Å². The average Bonchev–Trinajstić information content (AvgIpc) is 3.33. The molecule has 0 aliphatic carbocycles. The van der Waals surface area contributed by atoms with E-state index in [1.807, 2.05) is 0 Å². The van der Waals surface area contributed by atoms with Crippen LogP contribution < -0.4 is 5.32 Å². The summed E-state index contributed by atoms with van der Waals surface area (Å²) in [6.45, 7) is 3.13. The van der Waals surface area contributed by atoms with Crippen molar-refractivity contribution >= 4 is 17.6 Å². The fourth-order valence-corrected chi connectivity index (χ4v) is 2.85. The highest BCUT2D eigenvalue weighted by molar-refractivity contribution is 5.91. The Morgan fingerprint density at radius 3 is 2.70 bits per heavy atom. The second-order valence-electron chi connectivity index (χ2n) is 6.35. The quantitative estimate of drug-likeness (QED) is 0.521. The fraction of sp³-hybridized carbons (Fsp3) is 0.235. The van der Waals surface area contributed by atoms with Crippen LogP contribution in [-0.2, 0) is 17.4 Å². The molecule has 10 nitrogen and oxygen atoms in total. The van der Waals surface area contributed by atoms with E-state index in [2.05, 4.69) is 40.5 Å². The Morgan fingerprint density at radius 1 is 1.20 bits per heavy atom. The van der Waals surface area contributed by atoms with E-state index in [4.69, 9.17) is 0 Å². The number of fused-ring (bicyclic) bond motifs is 1. The van der Waals surface area contributed by atoms with Crippen molar-refractivity contribution < 1.29 is 18.0 Å². The summed E-state index contributed by atoms with van der Waals surface area (Å²) >= 11 is 0. The van der Waals surface area contributed by atoms with Crippen LogP contribution in [-0.4, -0.2) is 45.7 Å². The molecule has 2 N–H and O–H groups in total. The molecule has 0 radical (unpaired) electrons. The minimum Gasteiger partial charge on any atom is -0.293 e. The van der Waals surface area contributed by atoms with E-state index in [1.165, 1.54) is 0 Å². The maximum Gasteiger partial charge on any atom is 0.453 e. The van der Waals surface area contributed by atoms with Gasteiger partial charge in [0.2, 0.25) is 11.9 Å². The van der Waals surface area contributed by atoms with Gasteiger partial charge in [-0.2, -0.15) is 23.1 Å². The summed E-state index contributed by atoms with van der Waals surface area (Å²) in [5, 5.41) is 12.6. The molecule has 0 spiro atoms. The van der Waals surface area contributed by atoms with Crippen molar-refractivity contribution in [2.75, 3.05) is 5.32 Å². The molecular weight excluding hydrogens is 403 g/mol. The number of carbonyl (C=O) groups is 1. The van der Waals surface area contributed by atoms with Gasteiger partial charge >= 0.3 is 6.18 Å². The normalized spacial score (nSPS) is 11.8. The van der Waals surface area contributed by atoms with Crippen molar-refractivity contribution in [3.63, 3.8) is 0 Å². The number of aromatic amines is 1. The molecule has 0 aliphatic rings. The molecule has 4 aromatic rings. The van der Waals surface area contributed by atoms with Crippen LogP contribution in [0.25, 0.3) is 17.3 Å². The number of aromatic nitrogens is 8. The molecule has 0 fully saturated rings. The standard InChI is InChI=1S/C17H14F3N9O/c1-8-10(9(2)29-16(22-8)25-14(28-29)17(18,19)20)7-12(30)23-15-24-13(26-27-15)11-5-3-4-6-21-11/h3-6H,7H2,1-2H3,(H2,23,24,26,27,30). The number of hydrogen-bond acceptors (Lipinski definition) is 7. The number of aryl methyl sites for hydroxylation is 2. The van der Waals surface area contributed by atoms with Gasteiger partial charge in [0.1, 0.15) is 5.69 Å². The summed E-state index contributed by atoms with van der Waals surface area (Å²) in [4.78, 5) is 28.2. The largest absolute Gasteiger partial charge is 0.453 e. The van der Waals surface area contributed by atoms with Gasteiger partial charge in [0, 0.05) is 23.1 Å². The van der Waals surface area contributed by atoms with Crippen LogP contribution in [0, 0.1) is 13.8 Å². The van der Waals surface area contributed by atoms with E-state index in [0.29, 0.717) is 28.5 Å². The zero-order chi connectivity index (χ0) is 21.5. The summed E-state index contributed by atoms with van der Waals surface area (Å²) in [5.74, 6) is -1.52. The Hall–Kier alpha value is -3.90. The average molecular weight is 417 g/mol. The lowest BCUT2D eigenvalue weighted by Crippen LogP contribution is -2.18. The number of amides is 1. The molecule has 0 atom stereocenters. The van der Waals surface area contributed by atoms with E-state index in [1.54, 1.807) is 38.2 Å². The third-order valence-corrected chi connectivity index (χ3v) is 4.28. The number of carbonyl (C=O) groups excluding carboxylic acids is 1. The smallest absolute Gasteiger partial charge is 0.293 e. The molecule has 13 heteroatoms. The number of pyridine rings is 1. The molecule has 4 rings (SSSR count). The van der Waals surface area contributed by atoms with Crippen LogP contribution in [0.1, 0.15) is 22.8 Å². The van der Waals surface area contributed by atoms with Crippen LogP contribution in [0.4, 0.5) is 19.1 Å². The summed E-state index contributed by atoms with van der Waals surface area (Å²) in [6, 6.07) is 5.27. The van der Waals surface area contributed by atoms with Crippen molar-refractivity contribution in [2.45, 2.75) is 26.4 Å². The highest BCUT2D eigenvalue weighted by atomic mass is 19.4. The van der Waals surface area contributed by atoms with Gasteiger partial charge in [-0.15, -0.1) is 10.2 Å². The van der Waals surface area contributed by atoms with Gasteiger partial charge in [-0.05, 0) is 26.0 Å². The Kier molecular flexibility index (Phi) is 4.64. The molecule has 0 unspecified atom stereocenters. The van der Waals surface area contributed by atoms with Gasteiger partial charge in [0.25, 0.3) is 11.6 Å². The Bertz CT molecular complexity index is 1230. The molecule has 0 saturated carbocycles. The highest BCUT2D eigenvalue weighted by Gasteiger charge is 2.37. The zero-order valence-electron chi connectivity index (χ0n) is 15.7. The molecule has 4 aromatic heterocycles. The Morgan fingerprint density at radius 2 is 2.00 bits per heavy atom. The van der Waals surface area contributed by atoms with E-state index in [9.17, 15) is 18.0 Å². The van der Waals surface area contributed by atoms with Gasteiger partial charge < -0.3 is 0 Å². The van der Waals surface area contributed by atoms with Crippen LogP contribution in [0.2, 0.25) is 0 Å². The first-order chi connectivity index (χ1) is 14.2. The summed E-state index contributed by atoms with van der Waals surface area (Å²) in [5.41, 5.74) is 1.69. The van der Waals surface area contributed by atoms with E-state index >= 15 is 0 Å². The van der Waals surface area contributed by atoms with Gasteiger partial charge in [-0.25, -0.2) is 9.50 Å². The summed E-state index contributed by atoms with van der Waals surface area (Å²) in [7, 11) is 0. The third kappa shape index (κ3) is 3.68. The molecule has 30 heavy (non-hydrogen) atoms. The van der Waals surface area contributed by atoms with Gasteiger partial charge in [-0.1, -0.05) is 6.07 Å². The number of nitrogens with zero attached hydrogens (tertiary/aromatic N) is 7. The number of nitrogens with one attached hydrogen (secondary N) is 2. The first-order valence-corrected chi connectivity index (χ1v) is 8.66. The number of halogens is 3. The molecule has 0 bridgehead atoms. The lowest BCUT2D eigenvalue weighted by molar-refractivity contribution is -0.144. The molecule has 0 saturated heterocycles. The SMILES string of the molecule is Cc1nc2nc(C(F)(F)F)nn2c(C)c1CC(=O)Nc1n[nH]c(-c2ccccn2)n1. The second-order valence-corrected chi connectivity index (χ2v) is 6.35. The van der Waals surface area contributed by atoms with Crippen molar-refractivity contribution in [1.82, 2.24) is 39.7 Å². The maximum absolute atomic E-state index is 12.9. The molecule has 4 heterocycles. The topological polar surface area (TPSA) is 127 Å². The predicted molar refractivity (Wildman–Crippen MR) is 97.2 cm³/mol. The van der Waals surface area contributed by atoms with E-state index < -0.39 is 17.9 Å². The van der Waals surface area contributed by atoms with Gasteiger partial charge in [0.05, 0.1) is 6.42 Å². The highest BCUT2D eigenvalue weighted by Crippen LogP contribution is 2.27. The number of alkyl halides is 3. The van der Waals surface area contributed by atoms with Gasteiger partial charge in [0.15, 0.2) is 5.82 Å². The number of H-pyrrole nitrogens is 1.